The third-order valence-corrected chi connectivity index (χ3v) is 2.31. The lowest BCUT2D eigenvalue weighted by molar-refractivity contribution is 0.541. The molecule has 0 aromatic carbocycles. The van der Waals surface area contributed by atoms with Crippen LogP contribution in [0.5, 0.6) is 0 Å². The molecule has 0 bridgehead atoms. The van der Waals surface area contributed by atoms with E-state index in [-0.39, 0.29) is 6.04 Å². The van der Waals surface area contributed by atoms with Gasteiger partial charge in [0.1, 0.15) is 5.82 Å². The molecule has 0 saturated carbocycles. The predicted octanol–water partition coefficient (Wildman–Crippen LogP) is 2.11. The summed E-state index contributed by atoms with van der Waals surface area (Å²) in [5.41, 5.74) is 8.03. The van der Waals surface area contributed by atoms with Crippen molar-refractivity contribution in [2.75, 3.05) is 5.73 Å². The van der Waals surface area contributed by atoms with E-state index in [9.17, 15) is 0 Å². The fraction of sp³-hybridized carbons (Fsp3) is 0.273. The Labute approximate surface area is 88.8 Å². The molecule has 0 aliphatic carbocycles. The van der Waals surface area contributed by atoms with Gasteiger partial charge in [0.05, 0.1) is 6.20 Å². The molecule has 2 rings (SSSR count). The third kappa shape index (κ3) is 1.70. The molecule has 0 atom stereocenters. The lowest BCUT2D eigenvalue weighted by atomic mass is 10.1. The first-order valence-corrected chi connectivity index (χ1v) is 4.93. The van der Waals surface area contributed by atoms with Crippen molar-refractivity contribution in [1.82, 2.24) is 14.8 Å². The summed E-state index contributed by atoms with van der Waals surface area (Å²) in [5, 5.41) is 4.26. The van der Waals surface area contributed by atoms with Crippen LogP contribution in [0.1, 0.15) is 19.9 Å². The van der Waals surface area contributed by atoms with Crippen molar-refractivity contribution in [2.24, 2.45) is 0 Å². The van der Waals surface area contributed by atoms with E-state index in [1.165, 1.54) is 0 Å². The summed E-state index contributed by atoms with van der Waals surface area (Å²) in [6.45, 7) is 4.11. The standard InChI is InChI=1S/C11H14N4/c1-8(2)15-11(12)10(7-14-15)9-3-5-13-6-4-9/h3-8H,12H2,1-2H3. The highest BCUT2D eigenvalue weighted by Gasteiger charge is 2.10. The molecule has 0 unspecified atom stereocenters. The van der Waals surface area contributed by atoms with E-state index in [4.69, 9.17) is 5.73 Å². The molecule has 0 saturated heterocycles. The molecule has 4 nitrogen and oxygen atoms in total. The molecule has 0 fully saturated rings. The van der Waals surface area contributed by atoms with Crippen LogP contribution in [0.3, 0.4) is 0 Å². The van der Waals surface area contributed by atoms with Crippen LogP contribution < -0.4 is 5.73 Å². The summed E-state index contributed by atoms with van der Waals surface area (Å²) >= 11 is 0. The molecule has 78 valence electrons. The molecular weight excluding hydrogens is 188 g/mol. The van der Waals surface area contributed by atoms with Crippen molar-refractivity contribution in [3.63, 3.8) is 0 Å². The Morgan fingerprint density at radius 1 is 1.27 bits per heavy atom. The van der Waals surface area contributed by atoms with Gasteiger partial charge in [-0.1, -0.05) is 0 Å². The summed E-state index contributed by atoms with van der Waals surface area (Å²) in [6.07, 6.45) is 5.30. The van der Waals surface area contributed by atoms with Gasteiger partial charge in [-0.2, -0.15) is 5.10 Å². The Hall–Kier alpha value is -1.84. The van der Waals surface area contributed by atoms with Gasteiger partial charge in [-0.05, 0) is 31.5 Å². The van der Waals surface area contributed by atoms with Crippen LogP contribution in [0.25, 0.3) is 11.1 Å². The Bertz CT molecular complexity index is 445. The first-order chi connectivity index (χ1) is 7.20. The van der Waals surface area contributed by atoms with Crippen molar-refractivity contribution < 1.29 is 0 Å². The number of anilines is 1. The van der Waals surface area contributed by atoms with Crippen molar-refractivity contribution in [3.8, 4) is 11.1 Å². The van der Waals surface area contributed by atoms with Gasteiger partial charge in [-0.25, -0.2) is 4.68 Å². The molecule has 2 aromatic rings. The number of hydrogen-bond donors (Lipinski definition) is 1. The monoisotopic (exact) mass is 202 g/mol. The maximum atomic E-state index is 6.02. The van der Waals surface area contributed by atoms with E-state index >= 15 is 0 Å². The van der Waals surface area contributed by atoms with Crippen LogP contribution in [-0.2, 0) is 0 Å². The summed E-state index contributed by atoms with van der Waals surface area (Å²) in [4.78, 5) is 3.97. The number of aromatic nitrogens is 3. The number of hydrogen-bond acceptors (Lipinski definition) is 3. The molecule has 0 spiro atoms. The molecular formula is C11H14N4. The maximum absolute atomic E-state index is 6.02. The van der Waals surface area contributed by atoms with Gasteiger partial charge in [-0.3, -0.25) is 4.98 Å². The zero-order valence-electron chi connectivity index (χ0n) is 8.88. The fourth-order valence-electron chi connectivity index (χ4n) is 1.54. The minimum Gasteiger partial charge on any atom is -0.383 e. The van der Waals surface area contributed by atoms with Crippen LogP contribution >= 0.6 is 0 Å². The van der Waals surface area contributed by atoms with Gasteiger partial charge in [-0.15, -0.1) is 0 Å². The summed E-state index contributed by atoms with van der Waals surface area (Å²) in [6, 6.07) is 4.14. The van der Waals surface area contributed by atoms with Gasteiger partial charge in [0.25, 0.3) is 0 Å². The van der Waals surface area contributed by atoms with Gasteiger partial charge in [0.15, 0.2) is 0 Å². The normalized spacial score (nSPS) is 10.9. The highest BCUT2D eigenvalue weighted by molar-refractivity contribution is 5.73. The molecule has 0 amide bonds. The van der Waals surface area contributed by atoms with Crippen molar-refractivity contribution >= 4 is 5.82 Å². The second kappa shape index (κ2) is 3.73. The minimum absolute atomic E-state index is 0.278. The Kier molecular flexibility index (Phi) is 2.41. The van der Waals surface area contributed by atoms with Crippen LogP contribution in [0.2, 0.25) is 0 Å². The van der Waals surface area contributed by atoms with E-state index in [1.54, 1.807) is 18.6 Å². The predicted molar refractivity (Wildman–Crippen MR) is 60.3 cm³/mol. The molecule has 2 heterocycles. The summed E-state index contributed by atoms with van der Waals surface area (Å²) in [7, 11) is 0. The molecule has 2 aromatic heterocycles. The van der Waals surface area contributed by atoms with Crippen LogP contribution in [-0.4, -0.2) is 14.8 Å². The Morgan fingerprint density at radius 2 is 1.93 bits per heavy atom. The maximum Gasteiger partial charge on any atom is 0.129 e. The first-order valence-electron chi connectivity index (χ1n) is 4.93. The van der Waals surface area contributed by atoms with Crippen molar-refractivity contribution in [3.05, 3.63) is 30.7 Å². The average molecular weight is 202 g/mol. The molecule has 15 heavy (non-hydrogen) atoms. The largest absolute Gasteiger partial charge is 0.383 e. The third-order valence-electron chi connectivity index (χ3n) is 2.31. The van der Waals surface area contributed by atoms with Crippen LogP contribution in [0.4, 0.5) is 5.82 Å². The van der Waals surface area contributed by atoms with Gasteiger partial charge < -0.3 is 5.73 Å². The number of nitrogens with zero attached hydrogens (tertiary/aromatic N) is 3. The quantitative estimate of drug-likeness (QED) is 0.811. The van der Waals surface area contributed by atoms with Crippen molar-refractivity contribution in [1.29, 1.82) is 0 Å². The van der Waals surface area contributed by atoms with E-state index in [0.29, 0.717) is 5.82 Å². The summed E-state index contributed by atoms with van der Waals surface area (Å²) < 4.78 is 1.82. The zero-order valence-corrected chi connectivity index (χ0v) is 8.88. The minimum atomic E-state index is 0.278. The highest BCUT2D eigenvalue weighted by atomic mass is 15.3. The van der Waals surface area contributed by atoms with Crippen molar-refractivity contribution in [2.45, 2.75) is 19.9 Å². The lowest BCUT2D eigenvalue weighted by Crippen LogP contribution is -2.06. The molecule has 2 N–H and O–H groups in total. The average Bonchev–Trinajstić information content (AvgIpc) is 2.61. The molecule has 0 aliphatic heterocycles. The molecule has 4 heteroatoms. The lowest BCUT2D eigenvalue weighted by Gasteiger charge is -2.08. The second-order valence-corrected chi connectivity index (χ2v) is 3.72. The van der Waals surface area contributed by atoms with Gasteiger partial charge in [0, 0.05) is 24.0 Å². The van der Waals surface area contributed by atoms with Crippen LogP contribution in [0.15, 0.2) is 30.7 Å². The number of nitrogens with two attached hydrogens (primary N) is 1. The van der Waals surface area contributed by atoms with Crippen LogP contribution in [0, 0.1) is 0 Å². The molecule has 0 radical (unpaired) electrons. The Balaban J connectivity index is 2.47. The van der Waals surface area contributed by atoms with E-state index in [0.717, 1.165) is 11.1 Å². The number of rotatable bonds is 2. The number of pyridine rings is 1. The van der Waals surface area contributed by atoms with E-state index in [1.807, 2.05) is 16.8 Å². The number of nitrogen functional groups attached to an aromatic ring is 1. The second-order valence-electron chi connectivity index (χ2n) is 3.72. The smallest absolute Gasteiger partial charge is 0.129 e. The topological polar surface area (TPSA) is 56.7 Å². The fourth-order valence-corrected chi connectivity index (χ4v) is 1.54. The summed E-state index contributed by atoms with van der Waals surface area (Å²) in [5.74, 6) is 0.705. The van der Waals surface area contributed by atoms with E-state index in [2.05, 4.69) is 23.9 Å². The SMILES string of the molecule is CC(C)n1ncc(-c2ccncc2)c1N. The van der Waals surface area contributed by atoms with Gasteiger partial charge >= 0.3 is 0 Å². The van der Waals surface area contributed by atoms with E-state index < -0.39 is 0 Å². The Morgan fingerprint density at radius 3 is 2.47 bits per heavy atom. The first kappa shape index (κ1) is 9.71. The highest BCUT2D eigenvalue weighted by Crippen LogP contribution is 2.26. The zero-order chi connectivity index (χ0) is 10.8. The molecule has 0 aliphatic rings. The van der Waals surface area contributed by atoms with Gasteiger partial charge in [0.2, 0.25) is 0 Å².